The summed E-state index contributed by atoms with van der Waals surface area (Å²) in [5, 5.41) is 15.0. The quantitative estimate of drug-likeness (QED) is 0.763. The molecule has 0 aromatic heterocycles. The first kappa shape index (κ1) is 16.3. The molecule has 1 unspecified atom stereocenters. The highest BCUT2D eigenvalue weighted by Gasteiger charge is 2.23. The van der Waals surface area contributed by atoms with Crippen molar-refractivity contribution in [1.29, 1.82) is 0 Å². The zero-order chi connectivity index (χ0) is 16.8. The Morgan fingerprint density at radius 2 is 1.92 bits per heavy atom. The Balaban J connectivity index is 1.50. The lowest BCUT2D eigenvalue weighted by Gasteiger charge is -2.19. The van der Waals surface area contributed by atoms with Gasteiger partial charge in [0.15, 0.2) is 0 Å². The second kappa shape index (κ2) is 7.84. The van der Waals surface area contributed by atoms with Crippen LogP contribution in [-0.4, -0.2) is 30.4 Å². The van der Waals surface area contributed by atoms with Crippen molar-refractivity contribution < 1.29 is 14.6 Å². The molecule has 3 rings (SSSR count). The number of carbonyl (C=O) groups excluding carboxylic acids is 1. The van der Waals surface area contributed by atoms with Crippen molar-refractivity contribution >= 4 is 6.03 Å². The van der Waals surface area contributed by atoms with Gasteiger partial charge in [-0.3, -0.25) is 0 Å². The number of nitrogens with one attached hydrogen (secondary N) is 2. The normalized spacial score (nSPS) is 16.8. The van der Waals surface area contributed by atoms with Crippen molar-refractivity contribution in [3.8, 4) is 5.75 Å². The molecule has 1 heterocycles. The van der Waals surface area contributed by atoms with Gasteiger partial charge in [-0.15, -0.1) is 0 Å². The SMILES string of the molecule is O=C(NCC1Cc2ccccc2O1)N[C@H](CCO)c1ccccc1. The molecule has 24 heavy (non-hydrogen) atoms. The maximum atomic E-state index is 12.2. The van der Waals surface area contributed by atoms with Crippen molar-refractivity contribution in [3.63, 3.8) is 0 Å². The molecule has 5 nitrogen and oxygen atoms in total. The van der Waals surface area contributed by atoms with Crippen LogP contribution in [0.3, 0.4) is 0 Å². The van der Waals surface area contributed by atoms with Crippen LogP contribution in [0.1, 0.15) is 23.6 Å². The number of fused-ring (bicyclic) bond motifs is 1. The third kappa shape index (κ3) is 4.06. The molecule has 2 atom stereocenters. The van der Waals surface area contributed by atoms with Gasteiger partial charge in [0.05, 0.1) is 12.6 Å². The van der Waals surface area contributed by atoms with E-state index in [1.54, 1.807) is 0 Å². The molecule has 0 fully saturated rings. The maximum absolute atomic E-state index is 12.2. The van der Waals surface area contributed by atoms with Gasteiger partial charge in [-0.2, -0.15) is 0 Å². The first-order chi connectivity index (χ1) is 11.8. The van der Waals surface area contributed by atoms with E-state index in [2.05, 4.69) is 10.6 Å². The highest BCUT2D eigenvalue weighted by molar-refractivity contribution is 5.74. The number of aliphatic hydroxyl groups is 1. The minimum Gasteiger partial charge on any atom is -0.488 e. The monoisotopic (exact) mass is 326 g/mol. The van der Waals surface area contributed by atoms with E-state index in [1.165, 1.54) is 5.56 Å². The molecular formula is C19H22N2O3. The molecule has 2 amide bonds. The first-order valence-corrected chi connectivity index (χ1v) is 8.21. The van der Waals surface area contributed by atoms with Crippen LogP contribution in [0.2, 0.25) is 0 Å². The molecular weight excluding hydrogens is 304 g/mol. The van der Waals surface area contributed by atoms with E-state index in [9.17, 15) is 9.90 Å². The minimum atomic E-state index is -0.253. The van der Waals surface area contributed by atoms with E-state index in [0.717, 1.165) is 17.7 Å². The highest BCUT2D eigenvalue weighted by Crippen LogP contribution is 2.27. The average Bonchev–Trinajstić information content (AvgIpc) is 3.03. The van der Waals surface area contributed by atoms with Gasteiger partial charge in [-0.1, -0.05) is 48.5 Å². The van der Waals surface area contributed by atoms with E-state index in [1.807, 2.05) is 54.6 Å². The van der Waals surface area contributed by atoms with Crippen LogP contribution in [0.25, 0.3) is 0 Å². The van der Waals surface area contributed by atoms with E-state index in [0.29, 0.717) is 13.0 Å². The zero-order valence-electron chi connectivity index (χ0n) is 13.4. The molecule has 0 spiro atoms. The summed E-state index contributed by atoms with van der Waals surface area (Å²) in [6, 6.07) is 17.1. The van der Waals surface area contributed by atoms with E-state index < -0.39 is 0 Å². The third-order valence-electron chi connectivity index (χ3n) is 4.13. The summed E-state index contributed by atoms with van der Waals surface area (Å²) in [5.74, 6) is 0.896. The van der Waals surface area contributed by atoms with E-state index in [4.69, 9.17) is 4.74 Å². The molecule has 1 aliphatic rings. The van der Waals surface area contributed by atoms with Crippen molar-refractivity contribution in [3.05, 3.63) is 65.7 Å². The highest BCUT2D eigenvalue weighted by atomic mass is 16.5. The Kier molecular flexibility index (Phi) is 5.33. The Morgan fingerprint density at radius 1 is 1.17 bits per heavy atom. The summed E-state index contributed by atoms with van der Waals surface area (Å²) in [7, 11) is 0. The van der Waals surface area contributed by atoms with Crippen LogP contribution in [0.15, 0.2) is 54.6 Å². The Bertz CT molecular complexity index is 650. The smallest absolute Gasteiger partial charge is 0.315 e. The summed E-state index contributed by atoms with van der Waals surface area (Å²) < 4.78 is 5.81. The zero-order valence-corrected chi connectivity index (χ0v) is 13.4. The molecule has 0 saturated carbocycles. The lowest BCUT2D eigenvalue weighted by atomic mass is 10.0. The number of hydrogen-bond acceptors (Lipinski definition) is 3. The van der Waals surface area contributed by atoms with Crippen molar-refractivity contribution in [2.45, 2.75) is 25.0 Å². The van der Waals surface area contributed by atoms with Gasteiger partial charge in [0, 0.05) is 13.0 Å². The summed E-state index contributed by atoms with van der Waals surface area (Å²) in [6.45, 7) is 0.460. The fourth-order valence-electron chi connectivity index (χ4n) is 2.92. The average molecular weight is 326 g/mol. The number of carbonyl (C=O) groups is 1. The molecule has 0 saturated heterocycles. The number of hydrogen-bond donors (Lipinski definition) is 3. The van der Waals surface area contributed by atoms with Gasteiger partial charge >= 0.3 is 6.03 Å². The summed E-state index contributed by atoms with van der Waals surface area (Å²) in [4.78, 5) is 12.2. The topological polar surface area (TPSA) is 70.6 Å². The molecule has 2 aromatic rings. The Morgan fingerprint density at radius 3 is 2.67 bits per heavy atom. The number of urea groups is 1. The second-order valence-electron chi connectivity index (χ2n) is 5.88. The number of amides is 2. The molecule has 1 aliphatic heterocycles. The molecule has 126 valence electrons. The number of ether oxygens (including phenoxy) is 1. The van der Waals surface area contributed by atoms with Crippen molar-refractivity contribution in [2.75, 3.05) is 13.2 Å². The first-order valence-electron chi connectivity index (χ1n) is 8.21. The Hall–Kier alpha value is -2.53. The van der Waals surface area contributed by atoms with Crippen LogP contribution >= 0.6 is 0 Å². The van der Waals surface area contributed by atoms with E-state index >= 15 is 0 Å². The van der Waals surface area contributed by atoms with Crippen molar-refractivity contribution in [2.24, 2.45) is 0 Å². The molecule has 0 aliphatic carbocycles. The number of aliphatic hydroxyl groups excluding tert-OH is 1. The molecule has 0 radical (unpaired) electrons. The number of rotatable bonds is 6. The predicted octanol–water partition coefficient (Wildman–Crippen LogP) is 2.41. The van der Waals surface area contributed by atoms with E-state index in [-0.39, 0.29) is 24.8 Å². The third-order valence-corrected chi connectivity index (χ3v) is 4.13. The van der Waals surface area contributed by atoms with Gasteiger partial charge in [0.1, 0.15) is 11.9 Å². The molecule has 0 bridgehead atoms. The molecule has 3 N–H and O–H groups in total. The molecule has 2 aromatic carbocycles. The number of benzene rings is 2. The predicted molar refractivity (Wildman–Crippen MR) is 92.0 cm³/mol. The summed E-state index contributed by atoms with van der Waals surface area (Å²) >= 11 is 0. The largest absolute Gasteiger partial charge is 0.488 e. The van der Waals surface area contributed by atoms with Gasteiger partial charge in [-0.25, -0.2) is 4.79 Å². The fourth-order valence-corrected chi connectivity index (χ4v) is 2.92. The van der Waals surface area contributed by atoms with Gasteiger partial charge < -0.3 is 20.5 Å². The van der Waals surface area contributed by atoms with Crippen molar-refractivity contribution in [1.82, 2.24) is 10.6 Å². The Labute approximate surface area is 141 Å². The van der Waals surface area contributed by atoms with Crippen LogP contribution in [0.4, 0.5) is 4.79 Å². The summed E-state index contributed by atoms with van der Waals surface area (Å²) in [5.41, 5.74) is 2.15. The second-order valence-corrected chi connectivity index (χ2v) is 5.88. The van der Waals surface area contributed by atoms with Crippen LogP contribution < -0.4 is 15.4 Å². The van der Waals surface area contributed by atoms with Gasteiger partial charge in [0.2, 0.25) is 0 Å². The lowest BCUT2D eigenvalue weighted by molar-refractivity contribution is 0.209. The molecule has 5 heteroatoms. The lowest BCUT2D eigenvalue weighted by Crippen LogP contribution is -2.42. The minimum absolute atomic E-state index is 0.0148. The fraction of sp³-hybridized carbons (Fsp3) is 0.316. The number of para-hydroxylation sites is 1. The van der Waals surface area contributed by atoms with Crippen LogP contribution in [0, 0.1) is 0 Å². The van der Waals surface area contributed by atoms with Gasteiger partial charge in [-0.05, 0) is 23.6 Å². The summed E-state index contributed by atoms with van der Waals surface area (Å²) in [6.07, 6.45) is 1.24. The van der Waals surface area contributed by atoms with Crippen LogP contribution in [-0.2, 0) is 6.42 Å². The standard InChI is InChI=1S/C19H22N2O3/c22-11-10-17(14-6-2-1-3-7-14)21-19(23)20-13-16-12-15-8-4-5-9-18(15)24-16/h1-9,16-17,22H,10-13H2,(H2,20,21,23)/t16?,17-/m1/s1. The van der Waals surface area contributed by atoms with Gasteiger partial charge in [0.25, 0.3) is 0 Å². The maximum Gasteiger partial charge on any atom is 0.315 e. The van der Waals surface area contributed by atoms with Crippen LogP contribution in [0.5, 0.6) is 5.75 Å².